The van der Waals surface area contributed by atoms with E-state index < -0.39 is 5.97 Å². The Morgan fingerprint density at radius 2 is 2.54 bits per heavy atom. The van der Waals surface area contributed by atoms with E-state index in [0.717, 1.165) is 0 Å². The zero-order valence-corrected chi connectivity index (χ0v) is 7.60. The predicted octanol–water partition coefficient (Wildman–Crippen LogP) is 0.616. The Balaban J connectivity index is 2.64. The SMILES string of the molecule is COC(C)Cn1cnc(C(=O)O)c1. The molecule has 0 amide bonds. The molecule has 1 aromatic rings. The minimum absolute atomic E-state index is 0.0517. The molecule has 0 aliphatic rings. The highest BCUT2D eigenvalue weighted by Crippen LogP contribution is 1.99. The summed E-state index contributed by atoms with van der Waals surface area (Å²) in [7, 11) is 1.61. The van der Waals surface area contributed by atoms with Crippen LogP contribution in [0.15, 0.2) is 12.5 Å². The van der Waals surface area contributed by atoms with Gasteiger partial charge in [0, 0.05) is 19.9 Å². The lowest BCUT2D eigenvalue weighted by Gasteiger charge is -2.08. The summed E-state index contributed by atoms with van der Waals surface area (Å²) >= 11 is 0. The topological polar surface area (TPSA) is 64.4 Å². The molecule has 0 bridgehead atoms. The van der Waals surface area contributed by atoms with Crippen molar-refractivity contribution in [1.29, 1.82) is 0 Å². The number of carboxylic acids is 1. The molecule has 1 rings (SSSR count). The molecular weight excluding hydrogens is 172 g/mol. The van der Waals surface area contributed by atoms with E-state index in [1.54, 1.807) is 11.7 Å². The molecule has 1 N–H and O–H groups in total. The summed E-state index contributed by atoms with van der Waals surface area (Å²) in [6, 6.07) is 0. The number of hydrogen-bond donors (Lipinski definition) is 1. The van der Waals surface area contributed by atoms with Gasteiger partial charge in [-0.1, -0.05) is 0 Å². The predicted molar refractivity (Wildman–Crippen MR) is 45.7 cm³/mol. The Morgan fingerprint density at radius 1 is 1.85 bits per heavy atom. The van der Waals surface area contributed by atoms with Crippen LogP contribution in [0.25, 0.3) is 0 Å². The highest BCUT2D eigenvalue weighted by Gasteiger charge is 2.07. The number of ether oxygens (including phenoxy) is 1. The molecule has 0 fully saturated rings. The number of hydrogen-bond acceptors (Lipinski definition) is 3. The molecule has 0 spiro atoms. The summed E-state index contributed by atoms with van der Waals surface area (Å²) in [5.74, 6) is -1.01. The van der Waals surface area contributed by atoms with Crippen molar-refractivity contribution < 1.29 is 14.6 Å². The second-order valence-corrected chi connectivity index (χ2v) is 2.81. The van der Waals surface area contributed by atoms with Crippen molar-refractivity contribution in [1.82, 2.24) is 9.55 Å². The normalized spacial score (nSPS) is 12.8. The van der Waals surface area contributed by atoms with Crippen LogP contribution >= 0.6 is 0 Å². The van der Waals surface area contributed by atoms with E-state index in [9.17, 15) is 4.79 Å². The molecule has 5 nitrogen and oxygen atoms in total. The van der Waals surface area contributed by atoms with Crippen LogP contribution in [0.5, 0.6) is 0 Å². The lowest BCUT2D eigenvalue weighted by molar-refractivity contribution is 0.0690. The fourth-order valence-corrected chi connectivity index (χ4v) is 0.942. The Bertz CT molecular complexity index is 295. The summed E-state index contributed by atoms with van der Waals surface area (Å²) < 4.78 is 6.72. The first-order valence-electron chi connectivity index (χ1n) is 3.91. The van der Waals surface area contributed by atoms with Crippen molar-refractivity contribution >= 4 is 5.97 Å². The summed E-state index contributed by atoms with van der Waals surface area (Å²) in [4.78, 5) is 14.2. The maximum atomic E-state index is 10.5. The van der Waals surface area contributed by atoms with Gasteiger partial charge in [0.25, 0.3) is 0 Å². The lowest BCUT2D eigenvalue weighted by Crippen LogP contribution is -2.13. The van der Waals surface area contributed by atoms with Gasteiger partial charge in [-0.3, -0.25) is 0 Å². The standard InChI is InChI=1S/C8H12N2O3/c1-6(13-2)3-10-4-7(8(11)12)9-5-10/h4-6H,3H2,1-2H3,(H,11,12). The number of carbonyl (C=O) groups is 1. The summed E-state index contributed by atoms with van der Waals surface area (Å²) in [5, 5.41) is 8.58. The first kappa shape index (κ1) is 9.73. The third-order valence-corrected chi connectivity index (χ3v) is 1.72. The van der Waals surface area contributed by atoms with Crippen LogP contribution in [-0.2, 0) is 11.3 Å². The average Bonchev–Trinajstić information content (AvgIpc) is 2.52. The molecule has 0 radical (unpaired) electrons. The highest BCUT2D eigenvalue weighted by atomic mass is 16.5. The van der Waals surface area contributed by atoms with Gasteiger partial charge in [0.1, 0.15) is 0 Å². The van der Waals surface area contributed by atoms with Crippen molar-refractivity contribution in [2.24, 2.45) is 0 Å². The molecule has 0 aliphatic carbocycles. The van der Waals surface area contributed by atoms with Crippen molar-refractivity contribution in [2.75, 3.05) is 7.11 Å². The second-order valence-electron chi connectivity index (χ2n) is 2.81. The van der Waals surface area contributed by atoms with Crippen molar-refractivity contribution in [2.45, 2.75) is 19.6 Å². The molecule has 72 valence electrons. The summed E-state index contributed by atoms with van der Waals surface area (Å²) in [6.45, 7) is 2.51. The van der Waals surface area contributed by atoms with Gasteiger partial charge in [-0.15, -0.1) is 0 Å². The minimum atomic E-state index is -1.01. The van der Waals surface area contributed by atoms with E-state index in [1.807, 2.05) is 6.92 Å². The van der Waals surface area contributed by atoms with Crippen molar-refractivity contribution in [3.8, 4) is 0 Å². The third-order valence-electron chi connectivity index (χ3n) is 1.72. The van der Waals surface area contributed by atoms with Gasteiger partial charge in [-0.25, -0.2) is 9.78 Å². The number of carboxylic acid groups (broad SMARTS) is 1. The maximum absolute atomic E-state index is 10.5. The molecule has 0 aliphatic heterocycles. The zero-order chi connectivity index (χ0) is 9.84. The van der Waals surface area contributed by atoms with Crippen molar-refractivity contribution in [3.63, 3.8) is 0 Å². The Labute approximate surface area is 76.0 Å². The first-order valence-corrected chi connectivity index (χ1v) is 3.91. The molecule has 0 saturated carbocycles. The quantitative estimate of drug-likeness (QED) is 0.744. The monoisotopic (exact) mass is 184 g/mol. The molecule has 13 heavy (non-hydrogen) atoms. The van der Waals surface area contributed by atoms with Crippen LogP contribution in [0.3, 0.4) is 0 Å². The van der Waals surface area contributed by atoms with Crippen LogP contribution in [-0.4, -0.2) is 33.8 Å². The van der Waals surface area contributed by atoms with Gasteiger partial charge in [0.2, 0.25) is 0 Å². The molecule has 1 heterocycles. The Kier molecular flexibility index (Phi) is 3.02. The van der Waals surface area contributed by atoms with Gasteiger partial charge in [-0.05, 0) is 6.92 Å². The summed E-state index contributed by atoms with van der Waals surface area (Å²) in [5.41, 5.74) is 0.0586. The summed E-state index contributed by atoms with van der Waals surface area (Å²) in [6.07, 6.45) is 3.02. The minimum Gasteiger partial charge on any atom is -0.476 e. The number of imidazole rings is 1. The van der Waals surface area contributed by atoms with E-state index in [2.05, 4.69) is 4.98 Å². The van der Waals surface area contributed by atoms with Crippen LogP contribution in [0.1, 0.15) is 17.4 Å². The second kappa shape index (κ2) is 4.04. The molecule has 0 saturated heterocycles. The van der Waals surface area contributed by atoms with Crippen LogP contribution in [0, 0.1) is 0 Å². The smallest absolute Gasteiger partial charge is 0.356 e. The van der Waals surface area contributed by atoms with Gasteiger partial charge >= 0.3 is 5.97 Å². The number of rotatable bonds is 4. The van der Waals surface area contributed by atoms with Gasteiger partial charge < -0.3 is 14.4 Å². The van der Waals surface area contributed by atoms with Crippen molar-refractivity contribution in [3.05, 3.63) is 18.2 Å². The number of methoxy groups -OCH3 is 1. The van der Waals surface area contributed by atoms with E-state index in [0.29, 0.717) is 6.54 Å². The molecular formula is C8H12N2O3. The maximum Gasteiger partial charge on any atom is 0.356 e. The van der Waals surface area contributed by atoms with E-state index in [4.69, 9.17) is 9.84 Å². The fourth-order valence-electron chi connectivity index (χ4n) is 0.942. The van der Waals surface area contributed by atoms with E-state index in [1.165, 1.54) is 12.5 Å². The lowest BCUT2D eigenvalue weighted by atomic mass is 10.4. The largest absolute Gasteiger partial charge is 0.476 e. The molecule has 1 aromatic heterocycles. The van der Waals surface area contributed by atoms with Crippen LogP contribution < -0.4 is 0 Å². The fraction of sp³-hybridized carbons (Fsp3) is 0.500. The number of aromatic carboxylic acids is 1. The van der Waals surface area contributed by atoms with Gasteiger partial charge in [0.05, 0.1) is 12.4 Å². The average molecular weight is 184 g/mol. The van der Waals surface area contributed by atoms with E-state index in [-0.39, 0.29) is 11.8 Å². The van der Waals surface area contributed by atoms with Gasteiger partial charge in [0.15, 0.2) is 5.69 Å². The van der Waals surface area contributed by atoms with Gasteiger partial charge in [-0.2, -0.15) is 0 Å². The number of nitrogens with zero attached hydrogens (tertiary/aromatic N) is 2. The van der Waals surface area contributed by atoms with Crippen LogP contribution in [0.4, 0.5) is 0 Å². The third kappa shape index (κ3) is 2.55. The number of aromatic nitrogens is 2. The Hall–Kier alpha value is -1.36. The molecule has 5 heteroatoms. The molecule has 1 unspecified atom stereocenters. The zero-order valence-electron chi connectivity index (χ0n) is 7.60. The van der Waals surface area contributed by atoms with Crippen LogP contribution in [0.2, 0.25) is 0 Å². The highest BCUT2D eigenvalue weighted by molar-refractivity contribution is 5.84. The first-order chi connectivity index (χ1) is 6.13. The van der Waals surface area contributed by atoms with E-state index >= 15 is 0 Å². The molecule has 1 atom stereocenters. The molecule has 0 aromatic carbocycles. The Morgan fingerprint density at radius 3 is 3.00 bits per heavy atom.